The van der Waals surface area contributed by atoms with Gasteiger partial charge >= 0.3 is 5.97 Å². The normalized spacial score (nSPS) is 17.0. The number of rotatable bonds is 7. The van der Waals surface area contributed by atoms with Gasteiger partial charge in [-0.1, -0.05) is 19.3 Å². The standard InChI is InChI=1S/C17H23NO6S/c1-24-11-12-25(22,23)14-7-5-13(6-8-14)15(19)18-17(16(20)21)9-3-2-4-10-17/h5-8H,2-4,9-12H2,1H3,(H,18,19)(H,20,21). The first kappa shape index (κ1) is 19.4. The molecule has 0 aromatic heterocycles. The molecule has 1 aliphatic rings. The van der Waals surface area contributed by atoms with Crippen LogP contribution < -0.4 is 5.32 Å². The van der Waals surface area contributed by atoms with E-state index >= 15 is 0 Å². The van der Waals surface area contributed by atoms with Crippen molar-refractivity contribution in [3.63, 3.8) is 0 Å². The van der Waals surface area contributed by atoms with E-state index in [0.29, 0.717) is 12.8 Å². The Morgan fingerprint density at radius 3 is 2.28 bits per heavy atom. The van der Waals surface area contributed by atoms with Gasteiger partial charge in [0.25, 0.3) is 5.91 Å². The predicted molar refractivity (Wildman–Crippen MR) is 91.3 cm³/mol. The van der Waals surface area contributed by atoms with Crippen molar-refractivity contribution in [1.82, 2.24) is 5.32 Å². The summed E-state index contributed by atoms with van der Waals surface area (Å²) in [6.45, 7) is 0.0890. The van der Waals surface area contributed by atoms with E-state index in [-0.39, 0.29) is 22.8 Å². The second kappa shape index (κ2) is 7.97. The van der Waals surface area contributed by atoms with E-state index in [9.17, 15) is 23.1 Å². The van der Waals surface area contributed by atoms with Gasteiger partial charge in [-0.3, -0.25) is 4.79 Å². The molecule has 1 aromatic rings. The van der Waals surface area contributed by atoms with E-state index in [1.54, 1.807) is 0 Å². The van der Waals surface area contributed by atoms with Crippen molar-refractivity contribution in [2.45, 2.75) is 42.5 Å². The van der Waals surface area contributed by atoms with Crippen molar-refractivity contribution in [3.8, 4) is 0 Å². The maximum absolute atomic E-state index is 12.4. The molecule has 0 aliphatic heterocycles. The summed E-state index contributed by atoms with van der Waals surface area (Å²) in [5, 5.41) is 12.1. The van der Waals surface area contributed by atoms with Gasteiger partial charge in [0.1, 0.15) is 5.54 Å². The van der Waals surface area contributed by atoms with E-state index in [0.717, 1.165) is 19.3 Å². The quantitative estimate of drug-likeness (QED) is 0.756. The second-order valence-corrected chi connectivity index (χ2v) is 8.35. The summed E-state index contributed by atoms with van der Waals surface area (Å²) in [6, 6.07) is 5.50. The fourth-order valence-electron chi connectivity index (χ4n) is 2.96. The Hall–Kier alpha value is -1.93. The Morgan fingerprint density at radius 2 is 1.76 bits per heavy atom. The molecule has 0 heterocycles. The van der Waals surface area contributed by atoms with Crippen molar-refractivity contribution < 1.29 is 27.9 Å². The first-order valence-corrected chi connectivity index (χ1v) is 9.84. The first-order chi connectivity index (χ1) is 11.8. The number of carboxylic acid groups (broad SMARTS) is 1. The van der Waals surface area contributed by atoms with Gasteiger partial charge < -0.3 is 15.2 Å². The van der Waals surface area contributed by atoms with E-state index in [1.165, 1.54) is 31.4 Å². The third kappa shape index (κ3) is 4.58. The molecule has 7 nitrogen and oxygen atoms in total. The summed E-state index contributed by atoms with van der Waals surface area (Å²) in [5.74, 6) is -1.68. The molecule has 1 amide bonds. The fourth-order valence-corrected chi connectivity index (χ4v) is 4.13. The average Bonchev–Trinajstić information content (AvgIpc) is 2.61. The molecule has 2 N–H and O–H groups in total. The minimum Gasteiger partial charge on any atom is -0.480 e. The van der Waals surface area contributed by atoms with Crippen LogP contribution in [0.1, 0.15) is 42.5 Å². The Morgan fingerprint density at radius 1 is 1.16 bits per heavy atom. The molecule has 25 heavy (non-hydrogen) atoms. The van der Waals surface area contributed by atoms with Gasteiger partial charge in [-0.25, -0.2) is 13.2 Å². The maximum atomic E-state index is 12.4. The third-order valence-electron chi connectivity index (χ3n) is 4.50. The molecule has 0 saturated heterocycles. The third-order valence-corrected chi connectivity index (χ3v) is 6.20. The van der Waals surface area contributed by atoms with E-state index in [2.05, 4.69) is 5.32 Å². The van der Waals surface area contributed by atoms with Gasteiger partial charge in [-0.05, 0) is 37.1 Å². The zero-order chi connectivity index (χ0) is 18.5. The number of carbonyl (C=O) groups is 2. The highest BCUT2D eigenvalue weighted by molar-refractivity contribution is 7.91. The van der Waals surface area contributed by atoms with Crippen molar-refractivity contribution >= 4 is 21.7 Å². The fraction of sp³-hybridized carbons (Fsp3) is 0.529. The molecule has 1 fully saturated rings. The van der Waals surface area contributed by atoms with Crippen molar-refractivity contribution in [3.05, 3.63) is 29.8 Å². The number of sulfone groups is 1. The largest absolute Gasteiger partial charge is 0.480 e. The lowest BCUT2D eigenvalue weighted by molar-refractivity contribution is -0.145. The maximum Gasteiger partial charge on any atom is 0.329 e. The van der Waals surface area contributed by atoms with Gasteiger partial charge in [0, 0.05) is 12.7 Å². The Bertz CT molecular complexity index is 720. The molecule has 8 heteroatoms. The smallest absolute Gasteiger partial charge is 0.329 e. The van der Waals surface area contributed by atoms with Gasteiger partial charge in [0.05, 0.1) is 17.3 Å². The average molecular weight is 369 g/mol. The summed E-state index contributed by atoms with van der Waals surface area (Å²) in [4.78, 5) is 24.1. The number of hydrogen-bond acceptors (Lipinski definition) is 5. The van der Waals surface area contributed by atoms with E-state index in [1.807, 2.05) is 0 Å². The summed E-state index contributed by atoms with van der Waals surface area (Å²) in [5.41, 5.74) is -1.00. The van der Waals surface area contributed by atoms with E-state index in [4.69, 9.17) is 4.74 Å². The summed E-state index contributed by atoms with van der Waals surface area (Å²) >= 11 is 0. The second-order valence-electron chi connectivity index (χ2n) is 6.24. The molecule has 0 spiro atoms. The highest BCUT2D eigenvalue weighted by atomic mass is 32.2. The van der Waals surface area contributed by atoms with Crippen LogP contribution in [0.15, 0.2) is 29.2 Å². The molecule has 0 atom stereocenters. The number of aliphatic carboxylic acids is 1. The van der Waals surface area contributed by atoms with Crippen LogP contribution in [-0.4, -0.2) is 50.4 Å². The molecule has 1 aliphatic carbocycles. The predicted octanol–water partition coefficient (Wildman–Crippen LogP) is 1.62. The monoisotopic (exact) mass is 369 g/mol. The van der Waals surface area contributed by atoms with Crippen LogP contribution in [0.25, 0.3) is 0 Å². The highest BCUT2D eigenvalue weighted by Crippen LogP contribution is 2.29. The molecule has 138 valence electrons. The Balaban J connectivity index is 2.13. The number of hydrogen-bond donors (Lipinski definition) is 2. The molecule has 1 aromatic carbocycles. The van der Waals surface area contributed by atoms with Crippen LogP contribution in [-0.2, 0) is 19.4 Å². The molecule has 0 unspecified atom stereocenters. The van der Waals surface area contributed by atoms with Crippen LogP contribution in [0.5, 0.6) is 0 Å². The summed E-state index contributed by atoms with van der Waals surface area (Å²) in [6.07, 6.45) is 3.26. The highest BCUT2D eigenvalue weighted by Gasteiger charge is 2.41. The number of ether oxygens (including phenoxy) is 1. The van der Waals surface area contributed by atoms with Crippen LogP contribution in [0.3, 0.4) is 0 Å². The van der Waals surface area contributed by atoms with Crippen LogP contribution in [0.2, 0.25) is 0 Å². The topological polar surface area (TPSA) is 110 Å². The lowest BCUT2D eigenvalue weighted by atomic mass is 9.81. The van der Waals surface area contributed by atoms with Crippen LogP contribution >= 0.6 is 0 Å². The molecule has 0 bridgehead atoms. The number of carbonyl (C=O) groups excluding carboxylic acids is 1. The van der Waals surface area contributed by atoms with Crippen LogP contribution in [0, 0.1) is 0 Å². The summed E-state index contributed by atoms with van der Waals surface area (Å²) in [7, 11) is -2.05. The van der Waals surface area contributed by atoms with Gasteiger partial charge in [0.2, 0.25) is 0 Å². The zero-order valence-corrected chi connectivity index (χ0v) is 15.0. The molecular weight excluding hydrogens is 346 g/mol. The van der Waals surface area contributed by atoms with E-state index < -0.39 is 27.3 Å². The van der Waals surface area contributed by atoms with Crippen molar-refractivity contribution in [1.29, 1.82) is 0 Å². The minimum absolute atomic E-state index is 0.0890. The molecule has 0 radical (unpaired) electrons. The van der Waals surface area contributed by atoms with Crippen LogP contribution in [0.4, 0.5) is 0 Å². The van der Waals surface area contributed by atoms with Gasteiger partial charge in [0.15, 0.2) is 9.84 Å². The summed E-state index contributed by atoms with van der Waals surface area (Å²) < 4.78 is 28.9. The Labute approximate surface area is 147 Å². The van der Waals surface area contributed by atoms with Crippen molar-refractivity contribution in [2.75, 3.05) is 19.5 Å². The number of carboxylic acids is 1. The van der Waals surface area contributed by atoms with Gasteiger partial charge in [-0.2, -0.15) is 0 Å². The number of nitrogens with one attached hydrogen (secondary N) is 1. The zero-order valence-electron chi connectivity index (χ0n) is 14.2. The first-order valence-electron chi connectivity index (χ1n) is 8.18. The lowest BCUT2D eigenvalue weighted by Gasteiger charge is -2.34. The molecule has 1 saturated carbocycles. The molecular formula is C17H23NO6S. The van der Waals surface area contributed by atoms with Crippen molar-refractivity contribution in [2.24, 2.45) is 0 Å². The Kier molecular flexibility index (Phi) is 6.18. The van der Waals surface area contributed by atoms with Gasteiger partial charge in [-0.15, -0.1) is 0 Å². The number of benzene rings is 1. The molecule has 2 rings (SSSR count). The minimum atomic E-state index is -3.47. The number of methoxy groups -OCH3 is 1. The SMILES string of the molecule is COCCS(=O)(=O)c1ccc(C(=O)NC2(C(=O)O)CCCCC2)cc1. The lowest BCUT2D eigenvalue weighted by Crippen LogP contribution is -2.55. The number of amides is 1.